The van der Waals surface area contributed by atoms with Gasteiger partial charge in [-0.3, -0.25) is 0 Å². The molecule has 1 spiro atoms. The molecule has 3 rings (SSSR count). The fourth-order valence-corrected chi connectivity index (χ4v) is 2.45. The smallest absolute Gasteiger partial charge is 0.124 e. The maximum absolute atomic E-state index is 6.33. The lowest BCUT2D eigenvalue weighted by Gasteiger charge is -2.31. The van der Waals surface area contributed by atoms with E-state index < -0.39 is 0 Å². The van der Waals surface area contributed by atoms with Crippen molar-refractivity contribution in [2.75, 3.05) is 6.61 Å². The number of benzene rings is 1. The van der Waals surface area contributed by atoms with E-state index in [0.29, 0.717) is 0 Å². The lowest BCUT2D eigenvalue weighted by atomic mass is 9.87. The lowest BCUT2D eigenvalue weighted by Crippen LogP contribution is -2.32. The second kappa shape index (κ2) is 2.99. The van der Waals surface area contributed by atoms with Crippen LogP contribution in [0.1, 0.15) is 36.9 Å². The van der Waals surface area contributed by atoms with E-state index in [1.165, 1.54) is 24.0 Å². The van der Waals surface area contributed by atoms with Crippen LogP contribution in [0.5, 0.6) is 5.75 Å². The highest BCUT2D eigenvalue weighted by molar-refractivity contribution is 5.43. The normalized spacial score (nSPS) is 25.9. The second-order valence-corrected chi connectivity index (χ2v) is 4.85. The molecule has 0 bridgehead atoms. The molecule has 0 saturated heterocycles. The zero-order valence-corrected chi connectivity index (χ0v) is 9.12. The first-order chi connectivity index (χ1) is 7.25. The Morgan fingerprint density at radius 1 is 1.47 bits per heavy atom. The van der Waals surface area contributed by atoms with Crippen LogP contribution in [0.3, 0.4) is 0 Å². The fraction of sp³-hybridized carbons (Fsp3) is 0.538. The summed E-state index contributed by atoms with van der Waals surface area (Å²) in [6.07, 6.45) is 3.51. The summed E-state index contributed by atoms with van der Waals surface area (Å²) in [6.45, 7) is 2.98. The van der Waals surface area contributed by atoms with Crippen molar-refractivity contribution in [3.05, 3.63) is 29.3 Å². The van der Waals surface area contributed by atoms with Crippen molar-refractivity contribution in [1.82, 2.24) is 0 Å². The highest BCUT2D eigenvalue weighted by Gasteiger charge is 2.52. The van der Waals surface area contributed by atoms with Gasteiger partial charge < -0.3 is 10.5 Å². The van der Waals surface area contributed by atoms with Crippen molar-refractivity contribution in [2.45, 2.75) is 32.2 Å². The van der Waals surface area contributed by atoms with Gasteiger partial charge >= 0.3 is 0 Å². The first-order valence-electron chi connectivity index (χ1n) is 5.76. The first kappa shape index (κ1) is 9.22. The van der Waals surface area contributed by atoms with Crippen molar-refractivity contribution in [1.29, 1.82) is 0 Å². The van der Waals surface area contributed by atoms with E-state index >= 15 is 0 Å². The number of aryl methyl sites for hydroxylation is 1. The van der Waals surface area contributed by atoms with Gasteiger partial charge in [0.15, 0.2) is 0 Å². The van der Waals surface area contributed by atoms with E-state index in [-0.39, 0.29) is 11.5 Å². The molecule has 1 aromatic rings. The molecule has 80 valence electrons. The Morgan fingerprint density at radius 2 is 2.27 bits per heavy atom. The number of hydrogen-bond donors (Lipinski definition) is 1. The summed E-state index contributed by atoms with van der Waals surface area (Å²) >= 11 is 0. The van der Waals surface area contributed by atoms with Crippen molar-refractivity contribution < 1.29 is 4.74 Å². The van der Waals surface area contributed by atoms with Crippen LogP contribution in [-0.4, -0.2) is 6.61 Å². The summed E-state index contributed by atoms with van der Waals surface area (Å²) in [5.41, 5.74) is 9.18. The van der Waals surface area contributed by atoms with E-state index in [0.717, 1.165) is 18.8 Å². The molecule has 1 heterocycles. The Balaban J connectivity index is 2.04. The molecule has 0 amide bonds. The molecule has 1 unspecified atom stereocenters. The van der Waals surface area contributed by atoms with Gasteiger partial charge in [-0.2, -0.15) is 0 Å². The minimum atomic E-state index is 0.188. The molecular weight excluding hydrogens is 186 g/mol. The van der Waals surface area contributed by atoms with Gasteiger partial charge in [0.2, 0.25) is 0 Å². The Hall–Kier alpha value is -1.02. The Labute approximate surface area is 90.4 Å². The van der Waals surface area contributed by atoms with Crippen LogP contribution in [0.25, 0.3) is 0 Å². The van der Waals surface area contributed by atoms with E-state index in [4.69, 9.17) is 10.5 Å². The molecule has 1 saturated carbocycles. The predicted molar refractivity (Wildman–Crippen MR) is 59.9 cm³/mol. The molecule has 1 fully saturated rings. The topological polar surface area (TPSA) is 35.2 Å². The van der Waals surface area contributed by atoms with Gasteiger partial charge in [-0.1, -0.05) is 19.1 Å². The van der Waals surface area contributed by atoms with Crippen LogP contribution in [0, 0.1) is 5.41 Å². The standard InChI is InChI=1S/C13H17NO/c1-2-9-3-4-11-10(7-9)12(14)13(5-6-13)8-15-11/h3-4,7,12H,2,5-6,8,14H2,1H3. The molecule has 1 aliphatic carbocycles. The van der Waals surface area contributed by atoms with E-state index in [2.05, 4.69) is 25.1 Å². The van der Waals surface area contributed by atoms with Crippen LogP contribution >= 0.6 is 0 Å². The van der Waals surface area contributed by atoms with Gasteiger partial charge in [0.05, 0.1) is 6.61 Å². The van der Waals surface area contributed by atoms with Crippen LogP contribution in [-0.2, 0) is 6.42 Å². The van der Waals surface area contributed by atoms with Crippen molar-refractivity contribution >= 4 is 0 Å². The van der Waals surface area contributed by atoms with Gasteiger partial charge in [0, 0.05) is 17.0 Å². The highest BCUT2D eigenvalue weighted by Crippen LogP contribution is 2.57. The molecule has 1 aromatic carbocycles. The third-order valence-corrected chi connectivity index (χ3v) is 3.88. The average Bonchev–Trinajstić information content (AvgIpc) is 3.05. The van der Waals surface area contributed by atoms with Crippen molar-refractivity contribution in [2.24, 2.45) is 11.1 Å². The minimum Gasteiger partial charge on any atom is -0.493 e. The van der Waals surface area contributed by atoms with E-state index in [1.807, 2.05) is 0 Å². The van der Waals surface area contributed by atoms with Gasteiger partial charge in [-0.05, 0) is 30.9 Å². The third-order valence-electron chi connectivity index (χ3n) is 3.88. The van der Waals surface area contributed by atoms with Gasteiger partial charge in [-0.25, -0.2) is 0 Å². The van der Waals surface area contributed by atoms with Gasteiger partial charge in [0.25, 0.3) is 0 Å². The summed E-state index contributed by atoms with van der Waals surface area (Å²) in [7, 11) is 0. The maximum Gasteiger partial charge on any atom is 0.124 e. The molecule has 2 N–H and O–H groups in total. The average molecular weight is 203 g/mol. The summed E-state index contributed by atoms with van der Waals surface area (Å²) < 4.78 is 5.79. The van der Waals surface area contributed by atoms with Crippen molar-refractivity contribution in [3.8, 4) is 5.75 Å². The van der Waals surface area contributed by atoms with E-state index in [9.17, 15) is 0 Å². The molecule has 0 radical (unpaired) electrons. The molecule has 2 heteroatoms. The number of fused-ring (bicyclic) bond motifs is 1. The lowest BCUT2D eigenvalue weighted by molar-refractivity contribution is 0.177. The van der Waals surface area contributed by atoms with Crippen LogP contribution in [0.15, 0.2) is 18.2 Å². The van der Waals surface area contributed by atoms with Crippen LogP contribution in [0.2, 0.25) is 0 Å². The Kier molecular flexibility index (Phi) is 1.84. The summed E-state index contributed by atoms with van der Waals surface area (Å²) in [6, 6.07) is 6.62. The number of hydrogen-bond acceptors (Lipinski definition) is 2. The summed E-state index contributed by atoms with van der Waals surface area (Å²) in [5.74, 6) is 0.997. The summed E-state index contributed by atoms with van der Waals surface area (Å²) in [4.78, 5) is 0. The van der Waals surface area contributed by atoms with Crippen LogP contribution in [0.4, 0.5) is 0 Å². The monoisotopic (exact) mass is 203 g/mol. The fourth-order valence-electron chi connectivity index (χ4n) is 2.45. The van der Waals surface area contributed by atoms with Crippen molar-refractivity contribution in [3.63, 3.8) is 0 Å². The predicted octanol–water partition coefficient (Wildman–Crippen LogP) is 2.42. The molecular formula is C13H17NO. The zero-order valence-electron chi connectivity index (χ0n) is 9.12. The van der Waals surface area contributed by atoms with Gasteiger partial charge in [0.1, 0.15) is 5.75 Å². The Bertz CT molecular complexity index is 396. The largest absolute Gasteiger partial charge is 0.493 e. The Morgan fingerprint density at radius 3 is 2.93 bits per heavy atom. The molecule has 1 atom stereocenters. The zero-order chi connectivity index (χ0) is 10.5. The quantitative estimate of drug-likeness (QED) is 0.760. The number of nitrogens with two attached hydrogens (primary N) is 1. The molecule has 2 nitrogen and oxygen atoms in total. The maximum atomic E-state index is 6.33. The molecule has 15 heavy (non-hydrogen) atoms. The van der Waals surface area contributed by atoms with Gasteiger partial charge in [-0.15, -0.1) is 0 Å². The second-order valence-electron chi connectivity index (χ2n) is 4.85. The number of rotatable bonds is 1. The molecule has 0 aromatic heterocycles. The minimum absolute atomic E-state index is 0.188. The number of ether oxygens (including phenoxy) is 1. The third kappa shape index (κ3) is 1.28. The highest BCUT2D eigenvalue weighted by atomic mass is 16.5. The SMILES string of the molecule is CCc1ccc2c(c1)C(N)C1(CC1)CO2. The molecule has 2 aliphatic rings. The molecule has 1 aliphatic heterocycles. The van der Waals surface area contributed by atoms with E-state index in [1.54, 1.807) is 0 Å². The summed E-state index contributed by atoms with van der Waals surface area (Å²) in [5, 5.41) is 0. The first-order valence-corrected chi connectivity index (χ1v) is 5.76. The van der Waals surface area contributed by atoms with Crippen LogP contribution < -0.4 is 10.5 Å².